The second-order valence-electron chi connectivity index (χ2n) is 7.51. The summed E-state index contributed by atoms with van der Waals surface area (Å²) in [6, 6.07) is 6.40. The molecule has 0 saturated carbocycles. The molecule has 0 unspecified atom stereocenters. The number of hydrogen-bond acceptors (Lipinski definition) is 6. The Hall–Kier alpha value is -3.68. The SMILES string of the molecule is CCN/C1=C(\C=N)Cn2cc(C)nc2-c2ccc(F)cc2[C@@H](C)Oc2cc1cnc2N. The predicted octanol–water partition coefficient (Wildman–Crippen LogP) is 4.10. The average Bonchev–Trinajstić information content (AvgIpc) is 3.11. The van der Waals surface area contributed by atoms with Gasteiger partial charge in [-0.25, -0.2) is 14.4 Å². The highest BCUT2D eigenvalue weighted by atomic mass is 19.1. The van der Waals surface area contributed by atoms with Crippen LogP contribution in [0, 0.1) is 18.2 Å². The fourth-order valence-electron chi connectivity index (χ4n) is 3.85. The summed E-state index contributed by atoms with van der Waals surface area (Å²) in [5.41, 5.74) is 10.6. The van der Waals surface area contributed by atoms with Crippen LogP contribution in [-0.2, 0) is 6.54 Å². The van der Waals surface area contributed by atoms with Crippen LogP contribution in [-0.4, -0.2) is 27.3 Å². The number of anilines is 1. The second-order valence-corrected chi connectivity index (χ2v) is 7.51. The summed E-state index contributed by atoms with van der Waals surface area (Å²) in [5.74, 6) is 0.981. The molecule has 3 heterocycles. The normalized spacial score (nSPS) is 18.1. The number of nitrogen functional groups attached to an aromatic ring is 1. The van der Waals surface area contributed by atoms with E-state index in [1.165, 1.54) is 18.3 Å². The molecule has 3 aromatic rings. The number of nitrogens with one attached hydrogen (secondary N) is 2. The minimum atomic E-state index is -0.497. The first kappa shape index (κ1) is 20.6. The molecule has 0 aliphatic carbocycles. The minimum absolute atomic E-state index is 0.246. The molecule has 1 aliphatic rings. The standard InChI is InChI=1S/C23H25FN6O/c1-4-27-21-15-7-20(22(26)28-10-15)31-14(3)19-8-17(24)5-6-18(19)23-29-13(2)11-30(23)12-16(21)9-25/h5-11,14,25,27H,4,12H2,1-3H3,(H2,26,28)/b21-16+,25-9?/t14-/m1/s1. The molecule has 4 rings (SSSR count). The molecule has 31 heavy (non-hydrogen) atoms. The molecule has 160 valence electrons. The number of halogens is 1. The Labute approximate surface area is 180 Å². The minimum Gasteiger partial charge on any atom is -0.482 e. The quantitative estimate of drug-likeness (QED) is 0.554. The van der Waals surface area contributed by atoms with Crippen LogP contribution in [0.1, 0.15) is 36.8 Å². The number of rotatable bonds is 3. The average molecular weight is 420 g/mol. The second kappa shape index (κ2) is 8.22. The third kappa shape index (κ3) is 3.88. The summed E-state index contributed by atoms with van der Waals surface area (Å²) in [5, 5.41) is 11.4. The number of hydrogen-bond donors (Lipinski definition) is 3. The van der Waals surface area contributed by atoms with Crippen LogP contribution in [0.4, 0.5) is 10.2 Å². The molecule has 0 amide bonds. The van der Waals surface area contributed by atoms with Gasteiger partial charge in [0.05, 0.1) is 12.2 Å². The van der Waals surface area contributed by atoms with Crippen molar-refractivity contribution >= 4 is 17.7 Å². The predicted molar refractivity (Wildman–Crippen MR) is 119 cm³/mol. The highest BCUT2D eigenvalue weighted by Crippen LogP contribution is 2.35. The van der Waals surface area contributed by atoms with E-state index in [9.17, 15) is 4.39 Å². The molecule has 1 aromatic carbocycles. The van der Waals surface area contributed by atoms with E-state index in [0.29, 0.717) is 30.2 Å². The molecule has 0 spiro atoms. The Morgan fingerprint density at radius 3 is 2.94 bits per heavy atom. The van der Waals surface area contributed by atoms with E-state index in [1.54, 1.807) is 18.3 Å². The summed E-state index contributed by atoms with van der Waals surface area (Å²) < 4.78 is 22.3. The van der Waals surface area contributed by atoms with Crippen molar-refractivity contribution in [3.05, 3.63) is 64.9 Å². The molecule has 2 bridgehead atoms. The van der Waals surface area contributed by atoms with Crippen molar-refractivity contribution in [2.75, 3.05) is 12.3 Å². The lowest BCUT2D eigenvalue weighted by molar-refractivity contribution is 0.227. The van der Waals surface area contributed by atoms with Gasteiger partial charge < -0.3 is 25.8 Å². The van der Waals surface area contributed by atoms with Crippen molar-refractivity contribution < 1.29 is 9.13 Å². The number of benzene rings is 1. The fourth-order valence-corrected chi connectivity index (χ4v) is 3.85. The highest BCUT2D eigenvalue weighted by molar-refractivity contribution is 5.89. The Kier molecular flexibility index (Phi) is 5.46. The Morgan fingerprint density at radius 2 is 2.19 bits per heavy atom. The van der Waals surface area contributed by atoms with Crippen molar-refractivity contribution in [1.29, 1.82) is 5.41 Å². The first-order valence-electron chi connectivity index (χ1n) is 10.1. The number of aromatic nitrogens is 3. The first-order valence-corrected chi connectivity index (χ1v) is 10.1. The van der Waals surface area contributed by atoms with Gasteiger partial charge in [0.25, 0.3) is 0 Å². The van der Waals surface area contributed by atoms with Gasteiger partial charge in [-0.1, -0.05) is 0 Å². The van der Waals surface area contributed by atoms with Crippen LogP contribution in [0.15, 0.2) is 42.2 Å². The first-order chi connectivity index (χ1) is 14.9. The lowest BCUT2D eigenvalue weighted by atomic mass is 10.0. The highest BCUT2D eigenvalue weighted by Gasteiger charge is 2.22. The Balaban J connectivity index is 2.03. The van der Waals surface area contributed by atoms with E-state index in [-0.39, 0.29) is 11.6 Å². The number of fused-ring (bicyclic) bond motifs is 5. The number of nitrogens with zero attached hydrogens (tertiary/aromatic N) is 3. The zero-order valence-electron chi connectivity index (χ0n) is 17.7. The molecule has 1 atom stereocenters. The summed E-state index contributed by atoms with van der Waals surface area (Å²) in [6.07, 6.45) is 4.42. The summed E-state index contributed by atoms with van der Waals surface area (Å²) >= 11 is 0. The van der Waals surface area contributed by atoms with Crippen molar-refractivity contribution in [2.24, 2.45) is 0 Å². The third-order valence-electron chi connectivity index (χ3n) is 5.25. The number of pyridine rings is 1. The molecule has 0 fully saturated rings. The maximum atomic E-state index is 14.2. The zero-order valence-corrected chi connectivity index (χ0v) is 17.7. The molecular weight excluding hydrogens is 395 g/mol. The van der Waals surface area contributed by atoms with Crippen LogP contribution in [0.25, 0.3) is 17.1 Å². The fraction of sp³-hybridized carbons (Fsp3) is 0.261. The number of imidazole rings is 1. The summed E-state index contributed by atoms with van der Waals surface area (Å²) in [6.45, 7) is 6.83. The van der Waals surface area contributed by atoms with Gasteiger partial charge in [0.1, 0.15) is 17.7 Å². The van der Waals surface area contributed by atoms with Crippen LogP contribution in [0.3, 0.4) is 0 Å². The number of allylic oxidation sites excluding steroid dienone is 1. The maximum Gasteiger partial charge on any atom is 0.166 e. The summed E-state index contributed by atoms with van der Waals surface area (Å²) in [7, 11) is 0. The molecule has 4 N–H and O–H groups in total. The van der Waals surface area contributed by atoms with Crippen LogP contribution < -0.4 is 15.8 Å². The van der Waals surface area contributed by atoms with E-state index in [0.717, 1.165) is 28.1 Å². The van der Waals surface area contributed by atoms with Crippen LogP contribution in [0.5, 0.6) is 5.75 Å². The molecular formula is C23H25FN6O. The van der Waals surface area contributed by atoms with Gasteiger partial charge in [0.2, 0.25) is 0 Å². The maximum absolute atomic E-state index is 14.2. The smallest absolute Gasteiger partial charge is 0.166 e. The van der Waals surface area contributed by atoms with Crippen molar-refractivity contribution in [2.45, 2.75) is 33.4 Å². The van der Waals surface area contributed by atoms with Gasteiger partial charge in [0.15, 0.2) is 11.6 Å². The van der Waals surface area contributed by atoms with Gasteiger partial charge in [-0.15, -0.1) is 0 Å². The monoisotopic (exact) mass is 420 g/mol. The van der Waals surface area contributed by atoms with Crippen molar-refractivity contribution in [1.82, 2.24) is 19.9 Å². The van der Waals surface area contributed by atoms with Crippen LogP contribution in [0.2, 0.25) is 0 Å². The Bertz CT molecular complexity index is 1180. The lowest BCUT2D eigenvalue weighted by Crippen LogP contribution is -2.18. The number of aryl methyl sites for hydroxylation is 1. The number of ether oxygens (including phenoxy) is 1. The van der Waals surface area contributed by atoms with Gasteiger partial charge >= 0.3 is 0 Å². The van der Waals surface area contributed by atoms with Gasteiger partial charge in [0, 0.05) is 53.1 Å². The lowest BCUT2D eigenvalue weighted by Gasteiger charge is -2.22. The molecule has 0 saturated heterocycles. The largest absolute Gasteiger partial charge is 0.482 e. The zero-order chi connectivity index (χ0) is 22.1. The third-order valence-corrected chi connectivity index (χ3v) is 5.25. The van der Waals surface area contributed by atoms with E-state index in [2.05, 4.69) is 10.3 Å². The molecule has 1 aliphatic heterocycles. The van der Waals surface area contributed by atoms with Gasteiger partial charge in [-0.2, -0.15) is 0 Å². The van der Waals surface area contributed by atoms with Gasteiger partial charge in [-0.3, -0.25) is 0 Å². The van der Waals surface area contributed by atoms with Gasteiger partial charge in [-0.05, 0) is 45.0 Å². The topological polar surface area (TPSA) is 102 Å². The molecule has 2 aromatic heterocycles. The van der Waals surface area contributed by atoms with E-state index in [1.807, 2.05) is 31.5 Å². The van der Waals surface area contributed by atoms with E-state index < -0.39 is 6.10 Å². The number of nitrogens with two attached hydrogens (primary N) is 1. The van der Waals surface area contributed by atoms with Crippen LogP contribution >= 0.6 is 0 Å². The molecule has 0 radical (unpaired) electrons. The van der Waals surface area contributed by atoms with E-state index in [4.69, 9.17) is 20.9 Å². The van der Waals surface area contributed by atoms with Crippen molar-refractivity contribution in [3.8, 4) is 17.1 Å². The van der Waals surface area contributed by atoms with E-state index >= 15 is 0 Å². The molecule has 7 nitrogen and oxygen atoms in total. The summed E-state index contributed by atoms with van der Waals surface area (Å²) in [4.78, 5) is 9.00. The molecule has 8 heteroatoms. The van der Waals surface area contributed by atoms with Crippen molar-refractivity contribution in [3.63, 3.8) is 0 Å². The Morgan fingerprint density at radius 1 is 1.39 bits per heavy atom.